The van der Waals surface area contributed by atoms with Crippen LogP contribution in [0.5, 0.6) is 0 Å². The molecule has 0 aliphatic heterocycles. The number of aryl methyl sites for hydroxylation is 1. The molecule has 102 valence electrons. The highest BCUT2D eigenvalue weighted by Gasteiger charge is 2.38. The molecule has 3 nitrogen and oxygen atoms in total. The van der Waals surface area contributed by atoms with Gasteiger partial charge in [0.2, 0.25) is 0 Å². The number of alkyl halides is 3. The molecule has 0 radical (unpaired) electrons. The first-order chi connectivity index (χ1) is 8.89. The van der Waals surface area contributed by atoms with Gasteiger partial charge in [-0.15, -0.1) is 0 Å². The Morgan fingerprint density at radius 1 is 1.32 bits per heavy atom. The highest BCUT2D eigenvalue weighted by molar-refractivity contribution is 5.84. The summed E-state index contributed by atoms with van der Waals surface area (Å²) in [5, 5.41) is 2.86. The number of halogens is 3. The van der Waals surface area contributed by atoms with Crippen molar-refractivity contribution in [3.63, 3.8) is 0 Å². The predicted octanol–water partition coefficient (Wildman–Crippen LogP) is 2.40. The molecule has 2 aromatic rings. The van der Waals surface area contributed by atoms with Crippen LogP contribution in [0.25, 0.3) is 10.9 Å². The summed E-state index contributed by atoms with van der Waals surface area (Å²) in [5.41, 5.74) is 1.93. The molecule has 0 saturated carbocycles. The number of nitrogens with zero attached hydrogens (tertiary/aromatic N) is 1. The van der Waals surface area contributed by atoms with Gasteiger partial charge in [-0.05, 0) is 18.1 Å². The summed E-state index contributed by atoms with van der Waals surface area (Å²) in [4.78, 5) is 10.7. The van der Waals surface area contributed by atoms with E-state index in [0.717, 1.165) is 16.5 Å². The lowest BCUT2D eigenvalue weighted by Crippen LogP contribution is -2.37. The van der Waals surface area contributed by atoms with Gasteiger partial charge in [0.25, 0.3) is 0 Å². The molecule has 0 saturated heterocycles. The topological polar surface area (TPSA) is 34.0 Å². The average Bonchev–Trinajstić information content (AvgIpc) is 2.66. The fraction of sp³-hybridized carbons (Fsp3) is 0.308. The van der Waals surface area contributed by atoms with Crippen LogP contribution in [0.15, 0.2) is 30.5 Å². The van der Waals surface area contributed by atoms with E-state index >= 15 is 0 Å². The number of nitrogens with one attached hydrogen (secondary N) is 1. The summed E-state index contributed by atoms with van der Waals surface area (Å²) in [6.45, 7) is -0.0354. The number of carbonyl (C=O) groups excluding carboxylic acids is 1. The first-order valence-electron chi connectivity index (χ1n) is 5.77. The Morgan fingerprint density at radius 3 is 2.68 bits per heavy atom. The minimum absolute atomic E-state index is 0.0354. The second-order valence-corrected chi connectivity index (χ2v) is 4.29. The van der Waals surface area contributed by atoms with Crippen molar-refractivity contribution >= 4 is 16.8 Å². The number of hydrogen-bond donors (Lipinski definition) is 1. The maximum absolute atomic E-state index is 12.0. The van der Waals surface area contributed by atoms with Crippen molar-refractivity contribution in [2.75, 3.05) is 6.54 Å². The van der Waals surface area contributed by atoms with Gasteiger partial charge in [0.15, 0.2) is 0 Å². The number of aromatic nitrogens is 1. The molecule has 0 fully saturated rings. The van der Waals surface area contributed by atoms with Crippen LogP contribution in [0.1, 0.15) is 5.56 Å². The second-order valence-electron chi connectivity index (χ2n) is 4.29. The summed E-state index contributed by atoms with van der Waals surface area (Å²) in [6.07, 6.45) is -2.59. The van der Waals surface area contributed by atoms with Crippen LogP contribution in [-0.2, 0) is 18.3 Å². The predicted molar refractivity (Wildman–Crippen MR) is 65.7 cm³/mol. The Balaban J connectivity index is 2.05. The maximum Gasteiger partial charge on any atom is 0.471 e. The number of para-hydroxylation sites is 1. The molecule has 6 heteroatoms. The molecule has 2 rings (SSSR count). The van der Waals surface area contributed by atoms with Crippen LogP contribution >= 0.6 is 0 Å². The summed E-state index contributed by atoms with van der Waals surface area (Å²) >= 11 is 0. The highest BCUT2D eigenvalue weighted by atomic mass is 19.4. The first kappa shape index (κ1) is 13.5. The normalized spacial score (nSPS) is 11.8. The fourth-order valence-corrected chi connectivity index (χ4v) is 2.04. The molecule has 0 spiro atoms. The van der Waals surface area contributed by atoms with E-state index in [0.29, 0.717) is 6.42 Å². The van der Waals surface area contributed by atoms with Crippen molar-refractivity contribution in [3.05, 3.63) is 36.0 Å². The van der Waals surface area contributed by atoms with Gasteiger partial charge >= 0.3 is 12.1 Å². The van der Waals surface area contributed by atoms with E-state index in [-0.39, 0.29) is 6.54 Å². The molecule has 1 N–H and O–H groups in total. The van der Waals surface area contributed by atoms with Gasteiger partial charge in [0, 0.05) is 30.7 Å². The van der Waals surface area contributed by atoms with Crippen molar-refractivity contribution in [2.45, 2.75) is 12.6 Å². The Kier molecular flexibility index (Phi) is 3.50. The third kappa shape index (κ3) is 2.89. The zero-order valence-corrected chi connectivity index (χ0v) is 10.3. The minimum Gasteiger partial charge on any atom is -0.350 e. The third-order valence-corrected chi connectivity index (χ3v) is 2.92. The largest absolute Gasteiger partial charge is 0.471 e. The van der Waals surface area contributed by atoms with Gasteiger partial charge in [-0.3, -0.25) is 4.79 Å². The maximum atomic E-state index is 12.0. The lowest BCUT2D eigenvalue weighted by atomic mass is 10.1. The third-order valence-electron chi connectivity index (χ3n) is 2.92. The summed E-state index contributed by atoms with van der Waals surface area (Å²) in [6, 6.07) is 7.63. The summed E-state index contributed by atoms with van der Waals surface area (Å²) in [7, 11) is 1.88. The number of rotatable bonds is 3. The highest BCUT2D eigenvalue weighted by Crippen LogP contribution is 2.20. The Labute approximate surface area is 108 Å². The number of fused-ring (bicyclic) bond motifs is 1. The van der Waals surface area contributed by atoms with E-state index in [9.17, 15) is 18.0 Å². The molecule has 0 aliphatic rings. The number of amides is 1. The Hall–Kier alpha value is -1.98. The number of benzene rings is 1. The van der Waals surface area contributed by atoms with Crippen LogP contribution in [0.3, 0.4) is 0 Å². The van der Waals surface area contributed by atoms with Gasteiger partial charge in [-0.25, -0.2) is 0 Å². The Morgan fingerprint density at radius 2 is 2.00 bits per heavy atom. The Bertz CT molecular complexity index is 601. The molecule has 1 aromatic heterocycles. The van der Waals surface area contributed by atoms with Crippen LogP contribution in [0, 0.1) is 0 Å². The molecular weight excluding hydrogens is 257 g/mol. The molecule has 19 heavy (non-hydrogen) atoms. The van der Waals surface area contributed by atoms with Gasteiger partial charge < -0.3 is 9.88 Å². The van der Waals surface area contributed by atoms with Crippen molar-refractivity contribution in [1.29, 1.82) is 0 Å². The van der Waals surface area contributed by atoms with E-state index < -0.39 is 12.1 Å². The zero-order valence-electron chi connectivity index (χ0n) is 10.3. The minimum atomic E-state index is -4.82. The fourth-order valence-electron chi connectivity index (χ4n) is 2.04. The van der Waals surface area contributed by atoms with Crippen LogP contribution in [0.4, 0.5) is 13.2 Å². The van der Waals surface area contributed by atoms with Gasteiger partial charge in [-0.2, -0.15) is 13.2 Å². The standard InChI is InChI=1S/C13H13F3N2O/c1-18-8-9(10-4-2-3-5-11(10)18)6-7-17-12(19)13(14,15)16/h2-5,8H,6-7H2,1H3,(H,17,19). The lowest BCUT2D eigenvalue weighted by molar-refractivity contribution is -0.173. The van der Waals surface area contributed by atoms with E-state index in [4.69, 9.17) is 0 Å². The number of carbonyl (C=O) groups is 1. The van der Waals surface area contributed by atoms with Crippen LogP contribution in [-0.4, -0.2) is 23.2 Å². The van der Waals surface area contributed by atoms with E-state index in [1.54, 1.807) is 0 Å². The monoisotopic (exact) mass is 270 g/mol. The molecule has 0 unspecified atom stereocenters. The molecule has 1 heterocycles. The van der Waals surface area contributed by atoms with E-state index in [1.807, 2.05) is 47.4 Å². The molecule has 0 bridgehead atoms. The van der Waals surface area contributed by atoms with Crippen molar-refractivity contribution < 1.29 is 18.0 Å². The smallest absolute Gasteiger partial charge is 0.350 e. The SMILES string of the molecule is Cn1cc(CCNC(=O)C(F)(F)F)c2ccccc21. The quantitative estimate of drug-likeness (QED) is 0.913. The first-order valence-corrected chi connectivity index (χ1v) is 5.77. The zero-order chi connectivity index (χ0) is 14.0. The lowest BCUT2D eigenvalue weighted by Gasteiger charge is -2.07. The van der Waals surface area contributed by atoms with Crippen LogP contribution < -0.4 is 5.32 Å². The molecule has 0 aliphatic carbocycles. The molecule has 0 atom stereocenters. The summed E-state index contributed by atoms with van der Waals surface area (Å²) < 4.78 is 38.0. The van der Waals surface area contributed by atoms with Crippen molar-refractivity contribution in [1.82, 2.24) is 9.88 Å². The second kappa shape index (κ2) is 4.95. The van der Waals surface area contributed by atoms with E-state index in [2.05, 4.69) is 0 Å². The molecular formula is C13H13F3N2O. The average molecular weight is 270 g/mol. The van der Waals surface area contributed by atoms with Gasteiger partial charge in [-0.1, -0.05) is 18.2 Å². The van der Waals surface area contributed by atoms with Crippen molar-refractivity contribution in [3.8, 4) is 0 Å². The molecule has 1 aromatic carbocycles. The number of hydrogen-bond acceptors (Lipinski definition) is 1. The molecule has 1 amide bonds. The van der Waals surface area contributed by atoms with Crippen molar-refractivity contribution in [2.24, 2.45) is 7.05 Å². The van der Waals surface area contributed by atoms with E-state index in [1.165, 1.54) is 0 Å². The van der Waals surface area contributed by atoms with Crippen LogP contribution in [0.2, 0.25) is 0 Å². The summed E-state index contributed by atoms with van der Waals surface area (Å²) in [5.74, 6) is -1.90. The van der Waals surface area contributed by atoms with Gasteiger partial charge in [0.1, 0.15) is 0 Å². The van der Waals surface area contributed by atoms with Gasteiger partial charge in [0.05, 0.1) is 0 Å².